The van der Waals surface area contributed by atoms with E-state index in [-0.39, 0.29) is 0 Å². The standard InChI is InChI=1S/C11H14BrNS/c12-10-5-1-2-6-11(10)14-9-4-3-7-13-8-9/h1-2,5-6,9,13H,3-4,7-8H2. The van der Waals surface area contributed by atoms with Crippen LogP contribution in [-0.2, 0) is 0 Å². The summed E-state index contributed by atoms with van der Waals surface area (Å²) in [5.74, 6) is 0. The fourth-order valence-corrected chi connectivity index (χ4v) is 3.39. The molecule has 0 aliphatic carbocycles. The van der Waals surface area contributed by atoms with E-state index in [2.05, 4.69) is 45.5 Å². The molecule has 1 aromatic carbocycles. The first-order chi connectivity index (χ1) is 6.86. The van der Waals surface area contributed by atoms with Crippen molar-refractivity contribution in [2.24, 2.45) is 0 Å². The van der Waals surface area contributed by atoms with E-state index < -0.39 is 0 Å². The molecular weight excluding hydrogens is 258 g/mol. The van der Waals surface area contributed by atoms with Gasteiger partial charge in [-0.3, -0.25) is 0 Å². The maximum absolute atomic E-state index is 3.58. The first-order valence-corrected chi connectivity index (χ1v) is 6.65. The third kappa shape index (κ3) is 2.75. The summed E-state index contributed by atoms with van der Waals surface area (Å²) in [5, 5.41) is 4.18. The van der Waals surface area contributed by atoms with Crippen molar-refractivity contribution in [3.63, 3.8) is 0 Å². The normalized spacial score (nSPS) is 22.2. The number of rotatable bonds is 2. The van der Waals surface area contributed by atoms with Gasteiger partial charge in [0.25, 0.3) is 0 Å². The minimum Gasteiger partial charge on any atom is -0.316 e. The molecule has 1 aliphatic rings. The predicted octanol–water partition coefficient (Wildman–Crippen LogP) is 3.29. The quantitative estimate of drug-likeness (QED) is 0.886. The minimum atomic E-state index is 0.738. The lowest BCUT2D eigenvalue weighted by Crippen LogP contribution is -2.31. The highest BCUT2D eigenvalue weighted by atomic mass is 79.9. The Morgan fingerprint density at radius 3 is 2.93 bits per heavy atom. The molecule has 3 heteroatoms. The van der Waals surface area contributed by atoms with Crippen molar-refractivity contribution in [1.82, 2.24) is 5.32 Å². The molecule has 1 saturated heterocycles. The number of thioether (sulfide) groups is 1. The van der Waals surface area contributed by atoms with Crippen molar-refractivity contribution in [3.8, 4) is 0 Å². The van der Waals surface area contributed by atoms with Gasteiger partial charge in [-0.25, -0.2) is 0 Å². The lowest BCUT2D eigenvalue weighted by atomic mass is 10.2. The van der Waals surface area contributed by atoms with Crippen LogP contribution in [0.15, 0.2) is 33.6 Å². The van der Waals surface area contributed by atoms with Gasteiger partial charge in [-0.05, 0) is 47.4 Å². The van der Waals surface area contributed by atoms with Gasteiger partial charge in [-0.2, -0.15) is 0 Å². The van der Waals surface area contributed by atoms with E-state index in [1.807, 2.05) is 11.8 Å². The second-order valence-electron chi connectivity index (χ2n) is 3.52. The summed E-state index contributed by atoms with van der Waals surface area (Å²) < 4.78 is 1.22. The highest BCUT2D eigenvalue weighted by Gasteiger charge is 2.14. The van der Waals surface area contributed by atoms with Gasteiger partial charge in [-0.1, -0.05) is 12.1 Å². The second-order valence-corrected chi connectivity index (χ2v) is 5.71. The number of hydrogen-bond donors (Lipinski definition) is 1. The van der Waals surface area contributed by atoms with E-state index >= 15 is 0 Å². The van der Waals surface area contributed by atoms with E-state index in [1.165, 1.54) is 28.8 Å². The molecule has 0 spiro atoms. The molecule has 0 amide bonds. The summed E-state index contributed by atoms with van der Waals surface area (Å²) in [6.07, 6.45) is 2.64. The van der Waals surface area contributed by atoms with Crippen LogP contribution < -0.4 is 5.32 Å². The number of benzene rings is 1. The molecule has 0 radical (unpaired) electrons. The average molecular weight is 272 g/mol. The van der Waals surface area contributed by atoms with Crippen LogP contribution in [0, 0.1) is 0 Å². The molecule has 1 heterocycles. The Morgan fingerprint density at radius 2 is 2.21 bits per heavy atom. The van der Waals surface area contributed by atoms with E-state index in [4.69, 9.17) is 0 Å². The summed E-state index contributed by atoms with van der Waals surface area (Å²) in [7, 11) is 0. The lowest BCUT2D eigenvalue weighted by molar-refractivity contribution is 0.531. The highest BCUT2D eigenvalue weighted by Crippen LogP contribution is 2.32. The van der Waals surface area contributed by atoms with E-state index in [0.717, 1.165) is 11.8 Å². The van der Waals surface area contributed by atoms with Crippen LogP contribution >= 0.6 is 27.7 Å². The van der Waals surface area contributed by atoms with Gasteiger partial charge in [0.15, 0.2) is 0 Å². The summed E-state index contributed by atoms with van der Waals surface area (Å²) >= 11 is 5.56. The molecule has 14 heavy (non-hydrogen) atoms. The Labute approximate surface area is 97.8 Å². The van der Waals surface area contributed by atoms with Gasteiger partial charge in [-0.15, -0.1) is 11.8 Å². The van der Waals surface area contributed by atoms with Crippen LogP contribution in [0.2, 0.25) is 0 Å². The Bertz CT molecular complexity index is 297. The van der Waals surface area contributed by atoms with Gasteiger partial charge >= 0.3 is 0 Å². The lowest BCUT2D eigenvalue weighted by Gasteiger charge is -2.22. The Kier molecular flexibility index (Phi) is 3.90. The van der Waals surface area contributed by atoms with Gasteiger partial charge in [0.1, 0.15) is 0 Å². The second kappa shape index (κ2) is 5.19. The Hall–Kier alpha value is 0.01000. The fraction of sp³-hybridized carbons (Fsp3) is 0.455. The number of halogens is 1. The average Bonchev–Trinajstić information content (AvgIpc) is 2.23. The monoisotopic (exact) mass is 271 g/mol. The zero-order valence-electron chi connectivity index (χ0n) is 8.00. The molecule has 0 aromatic heterocycles. The molecule has 0 bridgehead atoms. The topological polar surface area (TPSA) is 12.0 Å². The van der Waals surface area contributed by atoms with E-state index in [9.17, 15) is 0 Å². The van der Waals surface area contributed by atoms with Crippen LogP contribution in [0.1, 0.15) is 12.8 Å². The number of nitrogens with one attached hydrogen (secondary N) is 1. The van der Waals surface area contributed by atoms with Crippen LogP contribution in [0.3, 0.4) is 0 Å². The van der Waals surface area contributed by atoms with Crippen molar-refractivity contribution in [2.75, 3.05) is 13.1 Å². The molecule has 76 valence electrons. The summed E-state index contributed by atoms with van der Waals surface area (Å²) in [4.78, 5) is 1.36. The van der Waals surface area contributed by atoms with Gasteiger partial charge in [0, 0.05) is 21.2 Å². The Balaban J connectivity index is 1.99. The van der Waals surface area contributed by atoms with Crippen LogP contribution in [0.25, 0.3) is 0 Å². The summed E-state index contributed by atoms with van der Waals surface area (Å²) in [5.41, 5.74) is 0. The largest absolute Gasteiger partial charge is 0.316 e. The van der Waals surface area contributed by atoms with Crippen LogP contribution in [0.5, 0.6) is 0 Å². The zero-order valence-corrected chi connectivity index (χ0v) is 10.4. The maximum atomic E-state index is 3.58. The molecule has 1 nitrogen and oxygen atoms in total. The Morgan fingerprint density at radius 1 is 1.36 bits per heavy atom. The van der Waals surface area contributed by atoms with Gasteiger partial charge in [0.05, 0.1) is 0 Å². The molecule has 0 saturated carbocycles. The number of hydrogen-bond acceptors (Lipinski definition) is 2. The highest BCUT2D eigenvalue weighted by molar-refractivity contribution is 9.10. The molecule has 1 aliphatic heterocycles. The van der Waals surface area contributed by atoms with Crippen molar-refractivity contribution >= 4 is 27.7 Å². The third-order valence-corrected chi connectivity index (χ3v) is 4.68. The van der Waals surface area contributed by atoms with Crippen LogP contribution in [0.4, 0.5) is 0 Å². The van der Waals surface area contributed by atoms with Crippen molar-refractivity contribution in [3.05, 3.63) is 28.7 Å². The zero-order chi connectivity index (χ0) is 9.80. The number of piperidine rings is 1. The molecule has 1 N–H and O–H groups in total. The summed E-state index contributed by atoms with van der Waals surface area (Å²) in [6, 6.07) is 8.46. The van der Waals surface area contributed by atoms with Crippen LogP contribution in [-0.4, -0.2) is 18.3 Å². The van der Waals surface area contributed by atoms with E-state index in [0.29, 0.717) is 0 Å². The molecule has 2 rings (SSSR count). The molecule has 1 unspecified atom stereocenters. The van der Waals surface area contributed by atoms with Crippen molar-refractivity contribution in [1.29, 1.82) is 0 Å². The van der Waals surface area contributed by atoms with Crippen molar-refractivity contribution < 1.29 is 0 Å². The SMILES string of the molecule is Brc1ccccc1SC1CCCNC1. The molecule has 1 aromatic rings. The van der Waals surface area contributed by atoms with E-state index in [1.54, 1.807) is 0 Å². The van der Waals surface area contributed by atoms with Gasteiger partial charge in [0.2, 0.25) is 0 Å². The summed E-state index contributed by atoms with van der Waals surface area (Å²) in [6.45, 7) is 2.33. The molecule has 1 atom stereocenters. The third-order valence-electron chi connectivity index (χ3n) is 2.38. The fourth-order valence-electron chi connectivity index (χ4n) is 1.64. The van der Waals surface area contributed by atoms with Gasteiger partial charge < -0.3 is 5.32 Å². The maximum Gasteiger partial charge on any atom is 0.0311 e. The molecule has 1 fully saturated rings. The first kappa shape index (κ1) is 10.5. The van der Waals surface area contributed by atoms with Crippen molar-refractivity contribution in [2.45, 2.75) is 23.0 Å². The smallest absolute Gasteiger partial charge is 0.0311 e. The minimum absolute atomic E-state index is 0.738. The molecular formula is C11H14BrNS. The first-order valence-electron chi connectivity index (χ1n) is 4.98. The predicted molar refractivity (Wildman–Crippen MR) is 65.9 cm³/mol.